The lowest BCUT2D eigenvalue weighted by molar-refractivity contribution is -0.145. The fourth-order valence-corrected chi connectivity index (χ4v) is 6.32. The summed E-state index contributed by atoms with van der Waals surface area (Å²) in [6.07, 6.45) is 2.69. The Morgan fingerprint density at radius 2 is 2.11 bits per heavy atom. The lowest BCUT2D eigenvalue weighted by Crippen LogP contribution is -2.57. The predicted molar refractivity (Wildman–Crippen MR) is 72.4 cm³/mol. The van der Waals surface area contributed by atoms with Crippen molar-refractivity contribution in [1.29, 1.82) is 0 Å². The molecule has 0 amide bonds. The number of likely N-dealkylation sites (N-methyl/N-ethyl adjacent to an activating group) is 1. The SMILES string of the molecule is CC(C)[C@H]1[C@H]2OC(=O)[C@@H]1[C@H]1CC[C@H]3CN(C)[C@@H]2[C@]31C. The molecule has 0 radical (unpaired) electrons. The van der Waals surface area contributed by atoms with Crippen LogP contribution in [0.15, 0.2) is 0 Å². The maximum Gasteiger partial charge on any atom is 0.310 e. The first-order valence-electron chi connectivity index (χ1n) is 7.87. The molecular weight excluding hydrogens is 238 g/mol. The van der Waals surface area contributed by atoms with Crippen molar-refractivity contribution < 1.29 is 9.53 Å². The molecule has 106 valence electrons. The zero-order valence-corrected chi connectivity index (χ0v) is 12.4. The molecule has 0 aromatic heterocycles. The van der Waals surface area contributed by atoms with Crippen LogP contribution in [0.1, 0.15) is 33.6 Å². The van der Waals surface area contributed by atoms with Crippen LogP contribution in [0.3, 0.4) is 0 Å². The molecule has 0 unspecified atom stereocenters. The quantitative estimate of drug-likeness (QED) is 0.679. The fraction of sp³-hybridized carbons (Fsp3) is 0.938. The van der Waals surface area contributed by atoms with E-state index in [9.17, 15) is 4.79 Å². The Morgan fingerprint density at radius 3 is 2.79 bits per heavy atom. The van der Waals surface area contributed by atoms with Crippen molar-refractivity contribution in [3.8, 4) is 0 Å². The Labute approximate surface area is 115 Å². The zero-order valence-electron chi connectivity index (χ0n) is 12.4. The van der Waals surface area contributed by atoms with Crippen molar-refractivity contribution in [3.05, 3.63) is 0 Å². The Hall–Kier alpha value is -0.570. The molecule has 3 heteroatoms. The van der Waals surface area contributed by atoms with Crippen LogP contribution >= 0.6 is 0 Å². The van der Waals surface area contributed by atoms with Gasteiger partial charge in [0.05, 0.1) is 12.0 Å². The van der Waals surface area contributed by atoms with Crippen molar-refractivity contribution in [3.63, 3.8) is 0 Å². The van der Waals surface area contributed by atoms with Crippen molar-refractivity contribution >= 4 is 5.97 Å². The predicted octanol–water partition coefficient (Wildman–Crippen LogP) is 2.16. The van der Waals surface area contributed by atoms with Crippen LogP contribution in [0, 0.1) is 35.0 Å². The third-order valence-electron chi connectivity index (χ3n) is 6.96. The zero-order chi connectivity index (χ0) is 13.5. The standard InChI is InChI=1S/C16H25NO2/c1-8(2)11-12-10-6-5-9-7-17(4)14(16(9,10)3)13(11)19-15(12)18/h8-14H,5-7H2,1-4H3/t9-,10+,11+,12+,13+,14-,16+/m0/s1. The van der Waals surface area contributed by atoms with Crippen LogP contribution in [-0.4, -0.2) is 36.6 Å². The largest absolute Gasteiger partial charge is 0.460 e. The Bertz CT molecular complexity index is 434. The maximum absolute atomic E-state index is 12.4. The van der Waals surface area contributed by atoms with E-state index in [0.29, 0.717) is 29.2 Å². The minimum absolute atomic E-state index is 0.110. The van der Waals surface area contributed by atoms with Gasteiger partial charge < -0.3 is 4.74 Å². The molecule has 19 heavy (non-hydrogen) atoms. The Balaban J connectivity index is 1.85. The molecule has 4 aliphatic rings. The molecule has 0 N–H and O–H groups in total. The summed E-state index contributed by atoms with van der Waals surface area (Å²) < 4.78 is 5.88. The first-order chi connectivity index (χ1) is 8.96. The number of rotatable bonds is 1. The summed E-state index contributed by atoms with van der Waals surface area (Å²) in [6, 6.07) is 0.458. The second-order valence-electron chi connectivity index (χ2n) is 7.88. The average Bonchev–Trinajstić information content (AvgIpc) is 2.86. The third-order valence-corrected chi connectivity index (χ3v) is 6.96. The fourth-order valence-electron chi connectivity index (χ4n) is 6.32. The van der Waals surface area contributed by atoms with Gasteiger partial charge in [-0.1, -0.05) is 20.8 Å². The van der Waals surface area contributed by atoms with Crippen LogP contribution in [0.4, 0.5) is 0 Å². The van der Waals surface area contributed by atoms with Crippen LogP contribution in [0.5, 0.6) is 0 Å². The normalized spacial score (nSPS) is 55.7. The molecule has 0 spiro atoms. The molecule has 4 fully saturated rings. The van der Waals surface area contributed by atoms with Gasteiger partial charge in [-0.05, 0) is 43.1 Å². The number of carbonyl (C=O) groups excluding carboxylic acids is 1. The number of ether oxygens (including phenoxy) is 1. The summed E-state index contributed by atoms with van der Waals surface area (Å²) in [7, 11) is 2.23. The van der Waals surface area contributed by atoms with Gasteiger partial charge in [-0.2, -0.15) is 0 Å². The van der Waals surface area contributed by atoms with Gasteiger partial charge in [-0.25, -0.2) is 0 Å². The number of nitrogens with zero attached hydrogens (tertiary/aromatic N) is 1. The molecule has 2 saturated heterocycles. The molecule has 7 atom stereocenters. The highest BCUT2D eigenvalue weighted by Gasteiger charge is 2.71. The van der Waals surface area contributed by atoms with E-state index < -0.39 is 0 Å². The average molecular weight is 263 g/mol. The van der Waals surface area contributed by atoms with E-state index in [2.05, 4.69) is 32.7 Å². The van der Waals surface area contributed by atoms with Crippen LogP contribution in [-0.2, 0) is 9.53 Å². The van der Waals surface area contributed by atoms with Gasteiger partial charge in [0, 0.05) is 12.5 Å². The van der Waals surface area contributed by atoms with Crippen molar-refractivity contribution in [1.82, 2.24) is 4.90 Å². The van der Waals surface area contributed by atoms with Gasteiger partial charge in [0.2, 0.25) is 0 Å². The number of esters is 1. The number of hydrogen-bond donors (Lipinski definition) is 0. The molecule has 2 saturated carbocycles. The molecule has 0 aromatic carbocycles. The molecular formula is C16H25NO2. The van der Waals surface area contributed by atoms with Gasteiger partial charge in [0.15, 0.2) is 0 Å². The summed E-state index contributed by atoms with van der Waals surface area (Å²) in [5.41, 5.74) is 0.321. The smallest absolute Gasteiger partial charge is 0.310 e. The van der Waals surface area contributed by atoms with E-state index in [1.165, 1.54) is 19.4 Å². The molecule has 4 rings (SSSR count). The molecule has 2 bridgehead atoms. The highest BCUT2D eigenvalue weighted by molar-refractivity contribution is 5.77. The minimum atomic E-state index is 0.110. The van der Waals surface area contributed by atoms with Gasteiger partial charge in [0.1, 0.15) is 6.10 Å². The lowest BCUT2D eigenvalue weighted by Gasteiger charge is -2.49. The van der Waals surface area contributed by atoms with E-state index in [0.717, 1.165) is 5.92 Å². The first-order valence-corrected chi connectivity index (χ1v) is 7.87. The second kappa shape index (κ2) is 3.55. The van der Waals surface area contributed by atoms with Gasteiger partial charge in [-0.15, -0.1) is 0 Å². The Kier molecular flexibility index (Phi) is 2.27. The summed E-state index contributed by atoms with van der Waals surface area (Å²) >= 11 is 0. The summed E-state index contributed by atoms with van der Waals surface area (Å²) in [6.45, 7) is 8.17. The summed E-state index contributed by atoms with van der Waals surface area (Å²) in [5.74, 6) is 2.61. The van der Waals surface area contributed by atoms with Crippen LogP contribution in [0.25, 0.3) is 0 Å². The van der Waals surface area contributed by atoms with E-state index in [-0.39, 0.29) is 18.0 Å². The first kappa shape index (κ1) is 12.2. The molecule has 2 aliphatic heterocycles. The van der Waals surface area contributed by atoms with E-state index in [1.807, 2.05) is 0 Å². The highest BCUT2D eigenvalue weighted by Crippen LogP contribution is 2.66. The number of carbonyl (C=O) groups is 1. The third kappa shape index (κ3) is 1.22. The highest BCUT2D eigenvalue weighted by atomic mass is 16.6. The monoisotopic (exact) mass is 263 g/mol. The lowest BCUT2D eigenvalue weighted by atomic mass is 9.55. The second-order valence-corrected chi connectivity index (χ2v) is 7.88. The summed E-state index contributed by atoms with van der Waals surface area (Å²) in [4.78, 5) is 14.9. The topological polar surface area (TPSA) is 29.5 Å². The molecule has 2 heterocycles. The molecule has 0 aromatic rings. The van der Waals surface area contributed by atoms with Gasteiger partial charge >= 0.3 is 5.97 Å². The van der Waals surface area contributed by atoms with E-state index in [4.69, 9.17) is 4.74 Å². The van der Waals surface area contributed by atoms with Crippen LogP contribution < -0.4 is 0 Å². The Morgan fingerprint density at radius 1 is 1.37 bits per heavy atom. The summed E-state index contributed by atoms with van der Waals surface area (Å²) in [5, 5.41) is 0. The van der Waals surface area contributed by atoms with E-state index >= 15 is 0 Å². The van der Waals surface area contributed by atoms with E-state index in [1.54, 1.807) is 0 Å². The van der Waals surface area contributed by atoms with Crippen LogP contribution in [0.2, 0.25) is 0 Å². The minimum Gasteiger partial charge on any atom is -0.460 e. The van der Waals surface area contributed by atoms with Crippen molar-refractivity contribution in [2.24, 2.45) is 35.0 Å². The van der Waals surface area contributed by atoms with Crippen molar-refractivity contribution in [2.45, 2.75) is 45.8 Å². The number of fused-ring (bicyclic) bond motifs is 4. The van der Waals surface area contributed by atoms with Gasteiger partial charge in [-0.3, -0.25) is 9.69 Å². The molecule has 3 nitrogen and oxygen atoms in total. The molecule has 2 aliphatic carbocycles. The maximum atomic E-state index is 12.4. The van der Waals surface area contributed by atoms with Crippen molar-refractivity contribution in [2.75, 3.05) is 13.6 Å². The number of likely N-dealkylation sites (tertiary alicyclic amines) is 1. The van der Waals surface area contributed by atoms with Gasteiger partial charge in [0.25, 0.3) is 0 Å². The number of hydrogen-bond acceptors (Lipinski definition) is 3.